The number of carboxylic acids is 1. The molecule has 0 amide bonds. The van der Waals surface area contributed by atoms with E-state index in [1.807, 2.05) is 0 Å². The molecule has 1 aromatic carbocycles. The molecule has 1 N–H and O–H groups in total. The Morgan fingerprint density at radius 3 is 2.76 bits per heavy atom. The van der Waals surface area contributed by atoms with Crippen LogP contribution in [0.25, 0.3) is 5.69 Å². The molecule has 0 atom stereocenters. The SMILES string of the molecule is O=C(O)c1cc(-n2cncn2)ccc1[N+](=O)[O-]. The van der Waals surface area contributed by atoms with Crippen LogP contribution in [-0.2, 0) is 0 Å². The first-order valence-corrected chi connectivity index (χ1v) is 4.46. The average Bonchev–Trinajstić information content (AvgIpc) is 2.81. The van der Waals surface area contributed by atoms with E-state index in [1.54, 1.807) is 0 Å². The fraction of sp³-hybridized carbons (Fsp3) is 0. The predicted octanol–water partition coefficient (Wildman–Crippen LogP) is 0.874. The fourth-order valence-electron chi connectivity index (χ4n) is 1.34. The molecule has 0 fully saturated rings. The lowest BCUT2D eigenvalue weighted by molar-refractivity contribution is -0.385. The molecule has 1 heterocycles. The summed E-state index contributed by atoms with van der Waals surface area (Å²) in [5.74, 6) is -1.36. The van der Waals surface area contributed by atoms with Gasteiger partial charge in [-0.2, -0.15) is 5.10 Å². The van der Waals surface area contributed by atoms with Crippen LogP contribution in [0.15, 0.2) is 30.9 Å². The summed E-state index contributed by atoms with van der Waals surface area (Å²) in [6.07, 6.45) is 2.65. The highest BCUT2D eigenvalue weighted by atomic mass is 16.6. The van der Waals surface area contributed by atoms with Crippen molar-refractivity contribution in [1.29, 1.82) is 0 Å². The predicted molar refractivity (Wildman–Crippen MR) is 55.0 cm³/mol. The largest absolute Gasteiger partial charge is 0.477 e. The standard InChI is InChI=1S/C9H6N4O4/c14-9(15)7-3-6(12-5-10-4-11-12)1-2-8(7)13(16)17/h1-5H,(H,14,15). The van der Waals surface area contributed by atoms with Gasteiger partial charge in [0.1, 0.15) is 18.2 Å². The molecule has 8 heteroatoms. The number of aromatic nitrogens is 3. The maximum atomic E-state index is 10.9. The zero-order chi connectivity index (χ0) is 12.4. The highest BCUT2D eigenvalue weighted by Crippen LogP contribution is 2.21. The third kappa shape index (κ3) is 1.95. The zero-order valence-corrected chi connectivity index (χ0v) is 8.35. The Balaban J connectivity index is 2.57. The number of nitro benzene ring substituents is 1. The summed E-state index contributed by atoms with van der Waals surface area (Å²) in [7, 11) is 0. The Hall–Kier alpha value is -2.77. The molecule has 2 aromatic rings. The van der Waals surface area contributed by atoms with Crippen LogP contribution >= 0.6 is 0 Å². The number of hydrogen-bond donors (Lipinski definition) is 1. The number of nitro groups is 1. The number of carbonyl (C=O) groups is 1. The van der Waals surface area contributed by atoms with E-state index >= 15 is 0 Å². The Morgan fingerprint density at radius 1 is 1.47 bits per heavy atom. The lowest BCUT2D eigenvalue weighted by Gasteiger charge is -2.02. The zero-order valence-electron chi connectivity index (χ0n) is 8.35. The molecule has 8 nitrogen and oxygen atoms in total. The summed E-state index contributed by atoms with van der Waals surface area (Å²) in [5, 5.41) is 23.3. The van der Waals surface area contributed by atoms with Crippen molar-refractivity contribution in [3.8, 4) is 5.69 Å². The smallest absolute Gasteiger partial charge is 0.342 e. The first-order valence-electron chi connectivity index (χ1n) is 4.46. The fourth-order valence-corrected chi connectivity index (χ4v) is 1.34. The lowest BCUT2D eigenvalue weighted by Crippen LogP contribution is -2.05. The first kappa shape index (κ1) is 10.7. The van der Waals surface area contributed by atoms with Crippen LogP contribution in [-0.4, -0.2) is 30.8 Å². The number of nitrogens with zero attached hydrogens (tertiary/aromatic N) is 4. The van der Waals surface area contributed by atoms with Crippen molar-refractivity contribution in [3.05, 3.63) is 46.5 Å². The molecule has 86 valence electrons. The van der Waals surface area contributed by atoms with Gasteiger partial charge in [0.05, 0.1) is 10.6 Å². The van der Waals surface area contributed by atoms with E-state index in [0.29, 0.717) is 5.69 Å². The lowest BCUT2D eigenvalue weighted by atomic mass is 10.1. The number of aromatic carboxylic acids is 1. The molecule has 0 aliphatic heterocycles. The number of carboxylic acid groups (broad SMARTS) is 1. The third-order valence-electron chi connectivity index (χ3n) is 2.09. The topological polar surface area (TPSA) is 111 Å². The van der Waals surface area contributed by atoms with E-state index in [4.69, 9.17) is 5.11 Å². The molecule has 2 rings (SSSR count). The van der Waals surface area contributed by atoms with E-state index in [-0.39, 0.29) is 5.56 Å². The summed E-state index contributed by atoms with van der Waals surface area (Å²) in [5.41, 5.74) is -0.449. The Bertz CT molecular complexity index is 579. The van der Waals surface area contributed by atoms with Crippen LogP contribution in [0.1, 0.15) is 10.4 Å². The van der Waals surface area contributed by atoms with Crippen LogP contribution in [0.3, 0.4) is 0 Å². The molecule has 0 saturated heterocycles. The van der Waals surface area contributed by atoms with Gasteiger partial charge >= 0.3 is 5.97 Å². The summed E-state index contributed by atoms with van der Waals surface area (Å²) >= 11 is 0. The third-order valence-corrected chi connectivity index (χ3v) is 2.09. The van der Waals surface area contributed by atoms with Gasteiger partial charge in [0.25, 0.3) is 5.69 Å². The monoisotopic (exact) mass is 234 g/mol. The van der Waals surface area contributed by atoms with Crippen molar-refractivity contribution in [2.45, 2.75) is 0 Å². The minimum Gasteiger partial charge on any atom is -0.477 e. The second kappa shape index (κ2) is 4.00. The van der Waals surface area contributed by atoms with Crippen molar-refractivity contribution in [3.63, 3.8) is 0 Å². The molecule has 0 saturated carbocycles. The van der Waals surface area contributed by atoms with Crippen molar-refractivity contribution in [1.82, 2.24) is 14.8 Å². The molecule has 0 spiro atoms. The molecule has 0 bridgehead atoms. The first-order chi connectivity index (χ1) is 8.09. The highest BCUT2D eigenvalue weighted by Gasteiger charge is 2.20. The van der Waals surface area contributed by atoms with Gasteiger partial charge in [-0.1, -0.05) is 0 Å². The van der Waals surface area contributed by atoms with E-state index in [2.05, 4.69) is 10.1 Å². The summed E-state index contributed by atoms with van der Waals surface area (Å²) in [6, 6.07) is 3.70. The van der Waals surface area contributed by atoms with Gasteiger partial charge in [0.15, 0.2) is 0 Å². The van der Waals surface area contributed by atoms with Crippen molar-refractivity contribution in [2.24, 2.45) is 0 Å². The van der Waals surface area contributed by atoms with Crippen LogP contribution < -0.4 is 0 Å². The maximum Gasteiger partial charge on any atom is 0.342 e. The van der Waals surface area contributed by atoms with Crippen molar-refractivity contribution >= 4 is 11.7 Å². The van der Waals surface area contributed by atoms with Gasteiger partial charge in [-0.05, 0) is 12.1 Å². The molecule has 0 radical (unpaired) electrons. The molecule has 0 aliphatic rings. The normalized spacial score (nSPS) is 10.1. The van der Waals surface area contributed by atoms with Crippen LogP contribution in [0, 0.1) is 10.1 Å². The van der Waals surface area contributed by atoms with E-state index in [0.717, 1.165) is 6.07 Å². The van der Waals surface area contributed by atoms with Crippen molar-refractivity contribution in [2.75, 3.05) is 0 Å². The minimum absolute atomic E-state index is 0.386. The van der Waals surface area contributed by atoms with E-state index in [1.165, 1.54) is 29.5 Å². The van der Waals surface area contributed by atoms with Gasteiger partial charge < -0.3 is 5.11 Å². The van der Waals surface area contributed by atoms with Gasteiger partial charge in [0, 0.05) is 6.07 Å². The summed E-state index contributed by atoms with van der Waals surface area (Å²) < 4.78 is 1.32. The summed E-state index contributed by atoms with van der Waals surface area (Å²) in [6.45, 7) is 0. The molecule has 0 aliphatic carbocycles. The van der Waals surface area contributed by atoms with E-state index in [9.17, 15) is 14.9 Å². The number of benzene rings is 1. The highest BCUT2D eigenvalue weighted by molar-refractivity contribution is 5.93. The molecular weight excluding hydrogens is 228 g/mol. The van der Waals surface area contributed by atoms with Gasteiger partial charge in [-0.25, -0.2) is 14.5 Å². The molecule has 17 heavy (non-hydrogen) atoms. The number of hydrogen-bond acceptors (Lipinski definition) is 5. The van der Waals surface area contributed by atoms with Gasteiger partial charge in [-0.3, -0.25) is 10.1 Å². The van der Waals surface area contributed by atoms with E-state index < -0.39 is 16.6 Å². The second-order valence-corrected chi connectivity index (χ2v) is 3.10. The van der Waals surface area contributed by atoms with Crippen LogP contribution in [0.2, 0.25) is 0 Å². The van der Waals surface area contributed by atoms with Crippen LogP contribution in [0.4, 0.5) is 5.69 Å². The quantitative estimate of drug-likeness (QED) is 0.623. The van der Waals surface area contributed by atoms with Gasteiger partial charge in [-0.15, -0.1) is 0 Å². The number of rotatable bonds is 3. The van der Waals surface area contributed by atoms with Gasteiger partial charge in [0.2, 0.25) is 0 Å². The Kier molecular flexibility index (Phi) is 2.53. The Morgan fingerprint density at radius 2 is 2.24 bits per heavy atom. The molecule has 0 unspecified atom stereocenters. The average molecular weight is 234 g/mol. The minimum atomic E-state index is -1.36. The van der Waals surface area contributed by atoms with Crippen molar-refractivity contribution < 1.29 is 14.8 Å². The summed E-state index contributed by atoms with van der Waals surface area (Å²) in [4.78, 5) is 24.5. The van der Waals surface area contributed by atoms with Crippen LogP contribution in [0.5, 0.6) is 0 Å². The Labute approximate surface area is 94.3 Å². The molecular formula is C9H6N4O4. The second-order valence-electron chi connectivity index (χ2n) is 3.10. The molecule has 1 aromatic heterocycles. The maximum absolute atomic E-state index is 10.9.